The molecule has 0 radical (unpaired) electrons. The van der Waals surface area contributed by atoms with Crippen molar-refractivity contribution in [2.24, 2.45) is 0 Å². The van der Waals surface area contributed by atoms with Crippen LogP contribution < -0.4 is 4.90 Å². The lowest BCUT2D eigenvalue weighted by Gasteiger charge is -2.20. The lowest BCUT2D eigenvalue weighted by Crippen LogP contribution is -2.17. The first-order valence-electron chi connectivity index (χ1n) is 5.96. The van der Waals surface area contributed by atoms with E-state index in [9.17, 15) is 9.18 Å². The maximum absolute atomic E-state index is 13.7. The molecule has 0 bridgehead atoms. The molecule has 0 fully saturated rings. The molecule has 104 valence electrons. The number of halogens is 2. The van der Waals surface area contributed by atoms with Crippen LogP contribution in [0.15, 0.2) is 46.9 Å². The Balaban J connectivity index is 2.22. The quantitative estimate of drug-likeness (QED) is 0.919. The minimum atomic E-state index is -1.26. The van der Waals surface area contributed by atoms with Gasteiger partial charge < -0.3 is 10.0 Å². The highest BCUT2D eigenvalue weighted by Gasteiger charge is 2.12. The standard InChI is InChI=1S/C15H13BrFNO2/c1-18(9-10-4-2-3-5-13(10)16)11-6-7-12(15(19)20)14(17)8-11/h2-8H,9H2,1H3,(H,19,20). The first kappa shape index (κ1) is 14.5. The second kappa shape index (κ2) is 6.05. The summed E-state index contributed by atoms with van der Waals surface area (Å²) in [6.07, 6.45) is 0. The molecule has 0 unspecified atom stereocenters. The van der Waals surface area contributed by atoms with Crippen molar-refractivity contribution in [1.82, 2.24) is 0 Å². The molecular weight excluding hydrogens is 325 g/mol. The normalized spacial score (nSPS) is 10.3. The fraction of sp³-hybridized carbons (Fsp3) is 0.133. The molecule has 3 nitrogen and oxygen atoms in total. The van der Waals surface area contributed by atoms with Gasteiger partial charge in [0.1, 0.15) is 5.82 Å². The van der Waals surface area contributed by atoms with Gasteiger partial charge in [-0.25, -0.2) is 9.18 Å². The van der Waals surface area contributed by atoms with Crippen LogP contribution in [0, 0.1) is 5.82 Å². The Bertz CT molecular complexity index is 646. The van der Waals surface area contributed by atoms with E-state index in [0.717, 1.165) is 10.0 Å². The number of benzene rings is 2. The predicted molar refractivity (Wildman–Crippen MR) is 79.6 cm³/mol. The van der Waals surface area contributed by atoms with Crippen molar-refractivity contribution in [3.05, 3.63) is 63.9 Å². The summed E-state index contributed by atoms with van der Waals surface area (Å²) in [5.74, 6) is -1.99. The Morgan fingerprint density at radius 2 is 2.00 bits per heavy atom. The monoisotopic (exact) mass is 337 g/mol. The molecule has 0 aliphatic carbocycles. The molecule has 0 atom stereocenters. The van der Waals surface area contributed by atoms with E-state index < -0.39 is 11.8 Å². The Labute approximate surface area is 124 Å². The Morgan fingerprint density at radius 3 is 2.60 bits per heavy atom. The van der Waals surface area contributed by atoms with Crippen LogP contribution in [-0.2, 0) is 6.54 Å². The van der Waals surface area contributed by atoms with Crippen LogP contribution in [0.3, 0.4) is 0 Å². The Morgan fingerprint density at radius 1 is 1.30 bits per heavy atom. The summed E-state index contributed by atoms with van der Waals surface area (Å²) < 4.78 is 14.6. The fourth-order valence-corrected chi connectivity index (χ4v) is 2.30. The number of carbonyl (C=O) groups is 1. The zero-order valence-corrected chi connectivity index (χ0v) is 12.4. The van der Waals surface area contributed by atoms with Gasteiger partial charge in [0.15, 0.2) is 0 Å². The number of carboxylic acid groups (broad SMARTS) is 1. The highest BCUT2D eigenvalue weighted by Crippen LogP contribution is 2.22. The highest BCUT2D eigenvalue weighted by atomic mass is 79.9. The van der Waals surface area contributed by atoms with E-state index >= 15 is 0 Å². The van der Waals surface area contributed by atoms with E-state index in [4.69, 9.17) is 5.11 Å². The van der Waals surface area contributed by atoms with Gasteiger partial charge in [-0.3, -0.25) is 0 Å². The van der Waals surface area contributed by atoms with Crippen LogP contribution >= 0.6 is 15.9 Å². The molecule has 0 aromatic heterocycles. The predicted octanol–water partition coefficient (Wildman–Crippen LogP) is 3.92. The summed E-state index contributed by atoms with van der Waals surface area (Å²) >= 11 is 3.46. The maximum atomic E-state index is 13.7. The van der Waals surface area contributed by atoms with E-state index in [0.29, 0.717) is 12.2 Å². The molecule has 0 heterocycles. The van der Waals surface area contributed by atoms with Crippen molar-refractivity contribution in [2.45, 2.75) is 6.54 Å². The molecule has 0 amide bonds. The summed E-state index contributed by atoms with van der Waals surface area (Å²) in [4.78, 5) is 12.6. The van der Waals surface area contributed by atoms with Crippen LogP contribution in [0.1, 0.15) is 15.9 Å². The molecule has 0 saturated heterocycles. The Kier molecular flexibility index (Phi) is 4.39. The Hall–Kier alpha value is -1.88. The van der Waals surface area contributed by atoms with Crippen molar-refractivity contribution in [3.8, 4) is 0 Å². The lowest BCUT2D eigenvalue weighted by atomic mass is 10.1. The third-order valence-electron chi connectivity index (χ3n) is 2.99. The van der Waals surface area contributed by atoms with Gasteiger partial charge in [-0.05, 0) is 29.8 Å². The number of nitrogens with zero attached hydrogens (tertiary/aromatic N) is 1. The SMILES string of the molecule is CN(Cc1ccccc1Br)c1ccc(C(=O)O)c(F)c1. The molecule has 2 aromatic rings. The van der Waals surface area contributed by atoms with Crippen LogP contribution in [-0.4, -0.2) is 18.1 Å². The van der Waals surface area contributed by atoms with Gasteiger partial charge >= 0.3 is 5.97 Å². The van der Waals surface area contributed by atoms with E-state index in [2.05, 4.69) is 15.9 Å². The van der Waals surface area contributed by atoms with Gasteiger partial charge in [-0.2, -0.15) is 0 Å². The molecular formula is C15H13BrFNO2. The summed E-state index contributed by atoms with van der Waals surface area (Å²) in [6, 6.07) is 11.9. The molecule has 5 heteroatoms. The number of carboxylic acids is 1. The second-order valence-electron chi connectivity index (χ2n) is 4.42. The minimum absolute atomic E-state index is 0.317. The number of aromatic carboxylic acids is 1. The van der Waals surface area contributed by atoms with Crippen molar-refractivity contribution < 1.29 is 14.3 Å². The van der Waals surface area contributed by atoms with E-state index in [-0.39, 0.29) is 5.56 Å². The van der Waals surface area contributed by atoms with Gasteiger partial charge in [0.05, 0.1) is 5.56 Å². The third kappa shape index (κ3) is 3.17. The average Bonchev–Trinajstić information content (AvgIpc) is 2.40. The average molecular weight is 338 g/mol. The van der Waals surface area contributed by atoms with Gasteiger partial charge in [0.2, 0.25) is 0 Å². The summed E-state index contributed by atoms with van der Waals surface area (Å²) in [7, 11) is 1.83. The summed E-state index contributed by atoms with van der Waals surface area (Å²) in [5, 5.41) is 8.81. The molecule has 1 N–H and O–H groups in total. The summed E-state index contributed by atoms with van der Waals surface area (Å²) in [6.45, 7) is 0.591. The molecule has 0 saturated carbocycles. The molecule has 2 aromatic carbocycles. The first-order valence-corrected chi connectivity index (χ1v) is 6.75. The summed E-state index contributed by atoms with van der Waals surface area (Å²) in [5.41, 5.74) is 1.38. The van der Waals surface area contributed by atoms with Crippen molar-refractivity contribution in [1.29, 1.82) is 0 Å². The largest absolute Gasteiger partial charge is 0.478 e. The lowest BCUT2D eigenvalue weighted by molar-refractivity contribution is 0.0692. The number of hydrogen-bond donors (Lipinski definition) is 1. The van der Waals surface area contributed by atoms with Gasteiger partial charge in [-0.15, -0.1) is 0 Å². The zero-order chi connectivity index (χ0) is 14.7. The van der Waals surface area contributed by atoms with Crippen LogP contribution in [0.25, 0.3) is 0 Å². The molecule has 0 spiro atoms. The van der Waals surface area contributed by atoms with Crippen LogP contribution in [0.5, 0.6) is 0 Å². The van der Waals surface area contributed by atoms with Crippen LogP contribution in [0.4, 0.5) is 10.1 Å². The zero-order valence-electron chi connectivity index (χ0n) is 10.8. The third-order valence-corrected chi connectivity index (χ3v) is 3.76. The van der Waals surface area contributed by atoms with Crippen molar-refractivity contribution in [2.75, 3.05) is 11.9 Å². The van der Waals surface area contributed by atoms with E-state index in [1.54, 1.807) is 6.07 Å². The minimum Gasteiger partial charge on any atom is -0.478 e. The highest BCUT2D eigenvalue weighted by molar-refractivity contribution is 9.10. The number of hydrogen-bond acceptors (Lipinski definition) is 2. The van der Waals surface area contributed by atoms with Crippen molar-refractivity contribution in [3.63, 3.8) is 0 Å². The molecule has 2 rings (SSSR count). The molecule has 20 heavy (non-hydrogen) atoms. The smallest absolute Gasteiger partial charge is 0.338 e. The maximum Gasteiger partial charge on any atom is 0.338 e. The number of anilines is 1. The topological polar surface area (TPSA) is 40.5 Å². The van der Waals surface area contributed by atoms with Gasteiger partial charge in [0, 0.05) is 23.8 Å². The van der Waals surface area contributed by atoms with Gasteiger partial charge in [0.25, 0.3) is 0 Å². The van der Waals surface area contributed by atoms with Crippen LogP contribution in [0.2, 0.25) is 0 Å². The molecule has 0 aliphatic rings. The molecule has 0 aliphatic heterocycles. The van der Waals surface area contributed by atoms with E-state index in [1.165, 1.54) is 12.1 Å². The van der Waals surface area contributed by atoms with E-state index in [1.807, 2.05) is 36.2 Å². The first-order chi connectivity index (χ1) is 9.49. The number of rotatable bonds is 4. The second-order valence-corrected chi connectivity index (χ2v) is 5.27. The fourth-order valence-electron chi connectivity index (χ4n) is 1.89. The van der Waals surface area contributed by atoms with Gasteiger partial charge in [-0.1, -0.05) is 34.1 Å². The van der Waals surface area contributed by atoms with Crippen molar-refractivity contribution >= 4 is 27.6 Å².